The Morgan fingerprint density at radius 3 is 2.71 bits per heavy atom. The van der Waals surface area contributed by atoms with Gasteiger partial charge < -0.3 is 20.5 Å². The molecular formula is C12H22N2O3. The van der Waals surface area contributed by atoms with Gasteiger partial charge in [0, 0.05) is 26.4 Å². The summed E-state index contributed by atoms with van der Waals surface area (Å²) in [6.45, 7) is 2.62. The fourth-order valence-corrected chi connectivity index (χ4v) is 2.50. The van der Waals surface area contributed by atoms with E-state index in [1.807, 2.05) is 0 Å². The van der Waals surface area contributed by atoms with Gasteiger partial charge in [0.1, 0.15) is 0 Å². The number of nitrogens with one attached hydrogen (secondary N) is 1. The quantitative estimate of drug-likeness (QED) is 0.737. The smallest absolute Gasteiger partial charge is 0.223 e. The van der Waals surface area contributed by atoms with Crippen molar-refractivity contribution in [3.8, 4) is 0 Å². The summed E-state index contributed by atoms with van der Waals surface area (Å²) >= 11 is 0. The minimum absolute atomic E-state index is 0.0595. The number of rotatable bonds is 4. The van der Waals surface area contributed by atoms with Crippen LogP contribution in [0.5, 0.6) is 0 Å². The molecule has 5 heteroatoms. The van der Waals surface area contributed by atoms with Gasteiger partial charge in [-0.15, -0.1) is 0 Å². The first kappa shape index (κ1) is 12.8. The van der Waals surface area contributed by atoms with Crippen LogP contribution in [0, 0.1) is 0 Å². The normalized spacial score (nSPS) is 27.9. The maximum absolute atomic E-state index is 11.9. The molecule has 0 aliphatic carbocycles. The minimum Gasteiger partial charge on any atom is -0.381 e. The summed E-state index contributed by atoms with van der Waals surface area (Å²) in [5.41, 5.74) is 5.54. The van der Waals surface area contributed by atoms with Gasteiger partial charge >= 0.3 is 0 Å². The highest BCUT2D eigenvalue weighted by molar-refractivity contribution is 5.77. The molecule has 1 amide bonds. The van der Waals surface area contributed by atoms with Crippen molar-refractivity contribution in [3.63, 3.8) is 0 Å². The zero-order chi connectivity index (χ0) is 12.1. The van der Waals surface area contributed by atoms with Crippen LogP contribution in [0.4, 0.5) is 0 Å². The van der Waals surface area contributed by atoms with E-state index in [4.69, 9.17) is 15.2 Å². The lowest BCUT2D eigenvalue weighted by molar-refractivity contribution is -0.126. The van der Waals surface area contributed by atoms with E-state index in [0.717, 1.165) is 32.3 Å². The third-order valence-electron chi connectivity index (χ3n) is 3.68. The van der Waals surface area contributed by atoms with Crippen LogP contribution in [-0.2, 0) is 14.3 Å². The maximum atomic E-state index is 11.9. The Kier molecular flexibility index (Phi) is 4.36. The van der Waals surface area contributed by atoms with Crippen LogP contribution in [0.3, 0.4) is 0 Å². The van der Waals surface area contributed by atoms with Crippen molar-refractivity contribution in [3.05, 3.63) is 0 Å². The molecule has 2 rings (SSSR count). The molecule has 2 aliphatic rings. The molecule has 0 saturated carbocycles. The van der Waals surface area contributed by atoms with E-state index in [1.165, 1.54) is 0 Å². The molecular weight excluding hydrogens is 220 g/mol. The van der Waals surface area contributed by atoms with Crippen LogP contribution in [-0.4, -0.2) is 43.9 Å². The van der Waals surface area contributed by atoms with Crippen LogP contribution in [0.15, 0.2) is 0 Å². The van der Waals surface area contributed by atoms with E-state index in [1.54, 1.807) is 0 Å². The molecule has 1 atom stereocenters. The number of nitrogens with two attached hydrogens (primary N) is 1. The number of amides is 1. The fraction of sp³-hybridized carbons (Fsp3) is 0.917. The molecule has 0 aromatic rings. The Balaban J connectivity index is 1.82. The lowest BCUT2D eigenvalue weighted by atomic mass is 9.90. The van der Waals surface area contributed by atoms with E-state index in [0.29, 0.717) is 26.2 Å². The molecule has 5 nitrogen and oxygen atoms in total. The summed E-state index contributed by atoms with van der Waals surface area (Å²) in [6.07, 6.45) is 4.23. The van der Waals surface area contributed by atoms with Crippen molar-refractivity contribution in [1.29, 1.82) is 0 Å². The first-order chi connectivity index (χ1) is 8.24. The van der Waals surface area contributed by atoms with Crippen LogP contribution in [0.25, 0.3) is 0 Å². The average Bonchev–Trinajstić information content (AvgIpc) is 2.83. The molecule has 2 fully saturated rings. The molecule has 0 radical (unpaired) electrons. The second-order valence-corrected chi connectivity index (χ2v) is 4.98. The van der Waals surface area contributed by atoms with E-state index in [9.17, 15) is 4.79 Å². The van der Waals surface area contributed by atoms with Crippen molar-refractivity contribution in [2.45, 2.75) is 43.7 Å². The first-order valence-electron chi connectivity index (χ1n) is 6.44. The average molecular weight is 242 g/mol. The molecule has 0 aromatic carbocycles. The second kappa shape index (κ2) is 5.80. The van der Waals surface area contributed by atoms with Crippen LogP contribution >= 0.6 is 0 Å². The van der Waals surface area contributed by atoms with Gasteiger partial charge in [0.05, 0.1) is 18.1 Å². The standard InChI is InChI=1S/C12H22N2O3/c13-9-12(3-6-16-7-4-12)14-11(15)8-10-2-1-5-17-10/h10H,1-9,13H2,(H,14,15). The Hall–Kier alpha value is -0.650. The number of hydrogen-bond acceptors (Lipinski definition) is 4. The maximum Gasteiger partial charge on any atom is 0.223 e. The highest BCUT2D eigenvalue weighted by Crippen LogP contribution is 2.21. The van der Waals surface area contributed by atoms with Crippen LogP contribution in [0.1, 0.15) is 32.1 Å². The van der Waals surface area contributed by atoms with Crippen molar-refractivity contribution in [1.82, 2.24) is 5.32 Å². The zero-order valence-electron chi connectivity index (χ0n) is 10.2. The van der Waals surface area contributed by atoms with Crippen molar-refractivity contribution in [2.24, 2.45) is 5.73 Å². The van der Waals surface area contributed by atoms with Crippen molar-refractivity contribution < 1.29 is 14.3 Å². The molecule has 1 unspecified atom stereocenters. The van der Waals surface area contributed by atoms with Gasteiger partial charge in [-0.3, -0.25) is 4.79 Å². The number of carbonyl (C=O) groups excluding carboxylic acids is 1. The third kappa shape index (κ3) is 3.40. The summed E-state index contributed by atoms with van der Waals surface area (Å²) < 4.78 is 10.8. The number of carbonyl (C=O) groups is 1. The van der Waals surface area contributed by atoms with Gasteiger partial charge in [-0.1, -0.05) is 0 Å². The third-order valence-corrected chi connectivity index (χ3v) is 3.68. The van der Waals surface area contributed by atoms with Gasteiger partial charge in [0.25, 0.3) is 0 Å². The lowest BCUT2D eigenvalue weighted by Gasteiger charge is -2.37. The van der Waals surface area contributed by atoms with E-state index < -0.39 is 0 Å². The predicted molar refractivity (Wildman–Crippen MR) is 63.6 cm³/mol. The molecule has 3 N–H and O–H groups in total. The second-order valence-electron chi connectivity index (χ2n) is 4.98. The first-order valence-corrected chi connectivity index (χ1v) is 6.44. The van der Waals surface area contributed by atoms with E-state index in [2.05, 4.69) is 5.32 Å². The summed E-state index contributed by atoms with van der Waals surface area (Å²) in [4.78, 5) is 11.9. The highest BCUT2D eigenvalue weighted by atomic mass is 16.5. The van der Waals surface area contributed by atoms with Crippen molar-refractivity contribution >= 4 is 5.91 Å². The van der Waals surface area contributed by atoms with Gasteiger partial charge in [0.2, 0.25) is 5.91 Å². The van der Waals surface area contributed by atoms with Crippen LogP contribution < -0.4 is 11.1 Å². The molecule has 0 spiro atoms. The molecule has 2 aliphatic heterocycles. The van der Waals surface area contributed by atoms with E-state index in [-0.39, 0.29) is 17.6 Å². The number of ether oxygens (including phenoxy) is 2. The topological polar surface area (TPSA) is 73.6 Å². The van der Waals surface area contributed by atoms with E-state index >= 15 is 0 Å². The minimum atomic E-state index is -0.256. The molecule has 2 heterocycles. The summed E-state index contributed by atoms with van der Waals surface area (Å²) in [5.74, 6) is 0.0595. The molecule has 0 aromatic heterocycles. The Morgan fingerprint density at radius 2 is 2.12 bits per heavy atom. The molecule has 0 bridgehead atoms. The van der Waals surface area contributed by atoms with Gasteiger partial charge in [-0.2, -0.15) is 0 Å². The van der Waals surface area contributed by atoms with Gasteiger partial charge in [-0.05, 0) is 25.7 Å². The zero-order valence-corrected chi connectivity index (χ0v) is 10.2. The lowest BCUT2D eigenvalue weighted by Crippen LogP contribution is -2.57. The van der Waals surface area contributed by atoms with Gasteiger partial charge in [0.15, 0.2) is 0 Å². The summed E-state index contributed by atoms with van der Waals surface area (Å²) in [5, 5.41) is 3.08. The SMILES string of the molecule is NCC1(NC(=O)CC2CCCO2)CCOCC1. The summed E-state index contributed by atoms with van der Waals surface area (Å²) in [6, 6.07) is 0. The van der Waals surface area contributed by atoms with Crippen LogP contribution in [0.2, 0.25) is 0 Å². The van der Waals surface area contributed by atoms with Gasteiger partial charge in [-0.25, -0.2) is 0 Å². The Labute approximate surface area is 102 Å². The highest BCUT2D eigenvalue weighted by Gasteiger charge is 2.33. The molecule has 17 heavy (non-hydrogen) atoms. The fourth-order valence-electron chi connectivity index (χ4n) is 2.50. The Bertz CT molecular complexity index is 258. The molecule has 2 saturated heterocycles. The predicted octanol–water partition coefficient (Wildman–Crippen LogP) is 0.180. The summed E-state index contributed by atoms with van der Waals surface area (Å²) in [7, 11) is 0. The molecule has 98 valence electrons. The number of hydrogen-bond donors (Lipinski definition) is 2. The monoisotopic (exact) mass is 242 g/mol. The Morgan fingerprint density at radius 1 is 1.35 bits per heavy atom. The largest absolute Gasteiger partial charge is 0.381 e. The van der Waals surface area contributed by atoms with Crippen molar-refractivity contribution in [2.75, 3.05) is 26.4 Å².